The summed E-state index contributed by atoms with van der Waals surface area (Å²) in [6, 6.07) is 7.38. The maximum Gasteiger partial charge on any atom is 0.183 e. The van der Waals surface area contributed by atoms with Crippen LogP contribution in [0.3, 0.4) is 0 Å². The molecule has 0 fully saturated rings. The first-order valence-corrected chi connectivity index (χ1v) is 7.10. The smallest absolute Gasteiger partial charge is 0.183 e. The molecule has 0 aliphatic heterocycles. The largest absolute Gasteiger partial charge is 0.348 e. The van der Waals surface area contributed by atoms with E-state index in [0.29, 0.717) is 18.8 Å². The Kier molecular flexibility index (Phi) is 8.10. The molecule has 0 heterocycles. The van der Waals surface area contributed by atoms with E-state index in [0.717, 1.165) is 37.5 Å². The third-order valence-corrected chi connectivity index (χ3v) is 2.88. The molecule has 3 heteroatoms. The van der Waals surface area contributed by atoms with Crippen molar-refractivity contribution in [3.63, 3.8) is 0 Å². The fourth-order valence-electron chi connectivity index (χ4n) is 1.64. The van der Waals surface area contributed by atoms with E-state index in [1.165, 1.54) is 0 Å². The first kappa shape index (κ1) is 15.9. The van der Waals surface area contributed by atoms with Gasteiger partial charge in [-0.3, -0.25) is 4.79 Å². The van der Waals surface area contributed by atoms with Gasteiger partial charge in [-0.25, -0.2) is 0 Å². The minimum Gasteiger partial charge on any atom is -0.348 e. The van der Waals surface area contributed by atoms with E-state index in [1.54, 1.807) is 12.1 Å². The van der Waals surface area contributed by atoms with Crippen LogP contribution in [-0.2, 0) is 9.47 Å². The molecular weight excluding hydrogens is 240 g/mol. The van der Waals surface area contributed by atoms with E-state index in [4.69, 9.17) is 9.47 Å². The Balaban J connectivity index is 2.60. The lowest BCUT2D eigenvalue weighted by Crippen LogP contribution is -2.11. The quantitative estimate of drug-likeness (QED) is 0.362. The average molecular weight is 264 g/mol. The summed E-state index contributed by atoms with van der Waals surface area (Å²) in [6.07, 6.45) is 4.78. The molecule has 1 rings (SSSR count). The maximum absolute atomic E-state index is 10.6. The molecule has 106 valence electrons. The van der Waals surface area contributed by atoms with E-state index >= 15 is 0 Å². The molecule has 0 bridgehead atoms. The van der Waals surface area contributed by atoms with Crippen molar-refractivity contribution in [2.75, 3.05) is 13.2 Å². The van der Waals surface area contributed by atoms with Crippen LogP contribution < -0.4 is 0 Å². The number of carbonyl (C=O) groups excluding carboxylic acids is 1. The van der Waals surface area contributed by atoms with E-state index in [-0.39, 0.29) is 6.29 Å². The first-order valence-electron chi connectivity index (χ1n) is 7.10. The lowest BCUT2D eigenvalue weighted by atomic mass is 10.1. The summed E-state index contributed by atoms with van der Waals surface area (Å²) < 4.78 is 11.6. The summed E-state index contributed by atoms with van der Waals surface area (Å²) in [6.45, 7) is 5.66. The van der Waals surface area contributed by atoms with Gasteiger partial charge in [0.2, 0.25) is 0 Å². The molecule has 0 aromatic heterocycles. The molecule has 0 unspecified atom stereocenters. The van der Waals surface area contributed by atoms with E-state index < -0.39 is 0 Å². The van der Waals surface area contributed by atoms with E-state index in [1.807, 2.05) is 12.1 Å². The third-order valence-electron chi connectivity index (χ3n) is 2.88. The van der Waals surface area contributed by atoms with Crippen LogP contribution in [0.4, 0.5) is 0 Å². The fourth-order valence-corrected chi connectivity index (χ4v) is 1.64. The second-order valence-corrected chi connectivity index (χ2v) is 4.57. The minimum absolute atomic E-state index is 0.321. The van der Waals surface area contributed by atoms with Crippen molar-refractivity contribution in [3.05, 3.63) is 35.4 Å². The molecule has 0 spiro atoms. The van der Waals surface area contributed by atoms with Crippen LogP contribution in [0.2, 0.25) is 0 Å². The summed E-state index contributed by atoms with van der Waals surface area (Å²) in [5, 5.41) is 0. The Bertz CT molecular complexity index is 336. The topological polar surface area (TPSA) is 35.5 Å². The second kappa shape index (κ2) is 9.70. The lowest BCUT2D eigenvalue weighted by molar-refractivity contribution is -0.148. The summed E-state index contributed by atoms with van der Waals surface area (Å²) in [7, 11) is 0. The number of ether oxygens (including phenoxy) is 2. The summed E-state index contributed by atoms with van der Waals surface area (Å²) in [5.41, 5.74) is 1.64. The van der Waals surface area contributed by atoms with Gasteiger partial charge in [0, 0.05) is 11.1 Å². The van der Waals surface area contributed by atoms with E-state index in [2.05, 4.69) is 13.8 Å². The predicted molar refractivity (Wildman–Crippen MR) is 76.3 cm³/mol. The highest BCUT2D eigenvalue weighted by Gasteiger charge is 2.12. The van der Waals surface area contributed by atoms with Gasteiger partial charge < -0.3 is 9.47 Å². The van der Waals surface area contributed by atoms with Gasteiger partial charge in [-0.05, 0) is 12.8 Å². The molecular formula is C16H24O3. The molecule has 0 amide bonds. The zero-order valence-corrected chi connectivity index (χ0v) is 11.9. The number of hydrogen-bond donors (Lipinski definition) is 0. The SMILES string of the molecule is CCCCOC(OCCCC)c1ccc(C=O)cc1. The minimum atomic E-state index is -0.321. The van der Waals surface area contributed by atoms with Crippen LogP contribution in [0.15, 0.2) is 24.3 Å². The lowest BCUT2D eigenvalue weighted by Gasteiger charge is -2.19. The van der Waals surface area contributed by atoms with Gasteiger partial charge in [-0.1, -0.05) is 51.0 Å². The summed E-state index contributed by atoms with van der Waals surface area (Å²) in [5.74, 6) is 0. The standard InChI is InChI=1S/C16H24O3/c1-3-5-11-18-16(19-12-6-4-2)15-9-7-14(13-17)8-10-15/h7-10,13,16H,3-6,11-12H2,1-2H3. The van der Waals surface area contributed by atoms with Crippen molar-refractivity contribution in [1.82, 2.24) is 0 Å². The average Bonchev–Trinajstić information content (AvgIpc) is 2.46. The molecule has 0 saturated carbocycles. The van der Waals surface area contributed by atoms with Gasteiger partial charge in [-0.2, -0.15) is 0 Å². The van der Waals surface area contributed by atoms with Crippen molar-refractivity contribution in [3.8, 4) is 0 Å². The van der Waals surface area contributed by atoms with Crippen molar-refractivity contribution in [2.24, 2.45) is 0 Å². The molecule has 0 aliphatic carbocycles. The van der Waals surface area contributed by atoms with Gasteiger partial charge in [0.1, 0.15) is 6.29 Å². The molecule has 1 aromatic carbocycles. The van der Waals surface area contributed by atoms with Crippen LogP contribution in [0, 0.1) is 0 Å². The zero-order chi connectivity index (χ0) is 13.9. The maximum atomic E-state index is 10.6. The van der Waals surface area contributed by atoms with Crippen LogP contribution in [0.5, 0.6) is 0 Å². The van der Waals surface area contributed by atoms with Gasteiger partial charge in [-0.15, -0.1) is 0 Å². The van der Waals surface area contributed by atoms with Gasteiger partial charge in [0.05, 0.1) is 13.2 Å². The highest BCUT2D eigenvalue weighted by Crippen LogP contribution is 2.20. The fraction of sp³-hybridized carbons (Fsp3) is 0.562. The molecule has 0 aliphatic rings. The highest BCUT2D eigenvalue weighted by atomic mass is 16.7. The molecule has 0 saturated heterocycles. The van der Waals surface area contributed by atoms with Gasteiger partial charge >= 0.3 is 0 Å². The first-order chi connectivity index (χ1) is 9.31. The Morgan fingerprint density at radius 1 is 1.00 bits per heavy atom. The normalized spacial score (nSPS) is 10.9. The molecule has 0 atom stereocenters. The van der Waals surface area contributed by atoms with Crippen LogP contribution in [0.25, 0.3) is 0 Å². The van der Waals surface area contributed by atoms with Gasteiger partial charge in [0.25, 0.3) is 0 Å². The summed E-state index contributed by atoms with van der Waals surface area (Å²) >= 11 is 0. The number of carbonyl (C=O) groups is 1. The van der Waals surface area contributed by atoms with E-state index in [9.17, 15) is 4.79 Å². The van der Waals surface area contributed by atoms with Crippen LogP contribution in [0.1, 0.15) is 61.7 Å². The third kappa shape index (κ3) is 5.99. The number of aldehydes is 1. The highest BCUT2D eigenvalue weighted by molar-refractivity contribution is 5.74. The number of hydrogen-bond acceptors (Lipinski definition) is 3. The van der Waals surface area contributed by atoms with Crippen molar-refractivity contribution in [1.29, 1.82) is 0 Å². The van der Waals surface area contributed by atoms with Crippen LogP contribution >= 0.6 is 0 Å². The number of benzene rings is 1. The van der Waals surface area contributed by atoms with Crippen molar-refractivity contribution < 1.29 is 14.3 Å². The Labute approximate surface area is 115 Å². The molecule has 0 radical (unpaired) electrons. The monoisotopic (exact) mass is 264 g/mol. The molecule has 0 N–H and O–H groups in total. The van der Waals surface area contributed by atoms with Crippen molar-refractivity contribution in [2.45, 2.75) is 45.8 Å². The Morgan fingerprint density at radius 2 is 1.53 bits per heavy atom. The predicted octanol–water partition coefficient (Wildman–Crippen LogP) is 4.13. The molecule has 19 heavy (non-hydrogen) atoms. The summed E-state index contributed by atoms with van der Waals surface area (Å²) in [4.78, 5) is 10.6. The van der Waals surface area contributed by atoms with Crippen molar-refractivity contribution >= 4 is 6.29 Å². The Morgan fingerprint density at radius 3 is 1.95 bits per heavy atom. The second-order valence-electron chi connectivity index (χ2n) is 4.57. The molecule has 3 nitrogen and oxygen atoms in total. The zero-order valence-electron chi connectivity index (χ0n) is 11.9. The Hall–Kier alpha value is -1.19. The number of unbranched alkanes of at least 4 members (excludes halogenated alkanes) is 2. The molecule has 1 aromatic rings. The number of rotatable bonds is 10. The van der Waals surface area contributed by atoms with Crippen LogP contribution in [-0.4, -0.2) is 19.5 Å². The van der Waals surface area contributed by atoms with Gasteiger partial charge in [0.15, 0.2) is 6.29 Å².